The van der Waals surface area contributed by atoms with Crippen molar-refractivity contribution in [1.29, 1.82) is 0 Å². The van der Waals surface area contributed by atoms with Crippen LogP contribution in [0.15, 0.2) is 36.4 Å². The van der Waals surface area contributed by atoms with E-state index in [2.05, 4.69) is 11.8 Å². The van der Waals surface area contributed by atoms with E-state index in [0.29, 0.717) is 13.2 Å². The summed E-state index contributed by atoms with van der Waals surface area (Å²) in [4.78, 5) is 0. The minimum atomic E-state index is -0.0933. The fourth-order valence-corrected chi connectivity index (χ4v) is 2.66. The van der Waals surface area contributed by atoms with Crippen LogP contribution >= 0.6 is 0 Å². The van der Waals surface area contributed by atoms with Gasteiger partial charge < -0.3 is 19.7 Å². The first-order chi connectivity index (χ1) is 12.7. The molecule has 2 aromatic rings. The Kier molecular flexibility index (Phi) is 7.89. The van der Waals surface area contributed by atoms with Gasteiger partial charge in [-0.2, -0.15) is 0 Å². The van der Waals surface area contributed by atoms with Gasteiger partial charge in [0.05, 0.1) is 26.4 Å². The predicted molar refractivity (Wildman–Crippen MR) is 101 cm³/mol. The van der Waals surface area contributed by atoms with E-state index in [1.54, 1.807) is 6.07 Å². The molecule has 2 aromatic carbocycles. The molecule has 4 nitrogen and oxygen atoms in total. The van der Waals surface area contributed by atoms with Crippen molar-refractivity contribution in [3.05, 3.63) is 58.7 Å². The summed E-state index contributed by atoms with van der Waals surface area (Å²) in [6.07, 6.45) is 10.5. The lowest BCUT2D eigenvalue weighted by atomic mass is 9.97. The molecule has 2 rings (SSSR count). The van der Waals surface area contributed by atoms with Gasteiger partial charge in [0.25, 0.3) is 0 Å². The molecule has 0 aromatic heterocycles. The molecule has 0 aliphatic rings. The predicted octanol–water partition coefficient (Wildman–Crippen LogP) is 2.64. The lowest BCUT2D eigenvalue weighted by molar-refractivity contribution is 0.149. The average molecular weight is 350 g/mol. The summed E-state index contributed by atoms with van der Waals surface area (Å²) in [6.45, 7) is 1.05. The van der Waals surface area contributed by atoms with Gasteiger partial charge >= 0.3 is 0 Å². The lowest BCUT2D eigenvalue weighted by Crippen LogP contribution is -1.99. The molecule has 2 N–H and O–H groups in total. The summed E-state index contributed by atoms with van der Waals surface area (Å²) < 4.78 is 10.9. The number of aliphatic hydroxyl groups is 2. The van der Waals surface area contributed by atoms with E-state index in [0.717, 1.165) is 33.4 Å². The number of hydrogen-bond donors (Lipinski definition) is 2. The summed E-state index contributed by atoms with van der Waals surface area (Å²) in [5.74, 6) is 4.89. The van der Waals surface area contributed by atoms with Gasteiger partial charge in [0.2, 0.25) is 0 Å². The Morgan fingerprint density at radius 2 is 1.04 bits per heavy atom. The van der Waals surface area contributed by atoms with E-state index in [-0.39, 0.29) is 26.4 Å². The van der Waals surface area contributed by atoms with Crippen LogP contribution in [0, 0.1) is 24.7 Å². The van der Waals surface area contributed by atoms with Gasteiger partial charge in [0.1, 0.15) is 13.2 Å². The third-order valence-electron chi connectivity index (χ3n) is 3.71. The zero-order valence-electron chi connectivity index (χ0n) is 14.6. The van der Waals surface area contributed by atoms with Gasteiger partial charge in [-0.05, 0) is 57.6 Å². The maximum Gasteiger partial charge on any atom is 0.107 e. The van der Waals surface area contributed by atoms with Gasteiger partial charge in [-0.1, -0.05) is 24.0 Å². The molecule has 26 heavy (non-hydrogen) atoms. The zero-order chi connectivity index (χ0) is 18.8. The van der Waals surface area contributed by atoms with Crippen LogP contribution in [0.3, 0.4) is 0 Å². The summed E-state index contributed by atoms with van der Waals surface area (Å²) >= 11 is 0. The number of terminal acetylenes is 2. The highest BCUT2D eigenvalue weighted by Gasteiger charge is 2.07. The van der Waals surface area contributed by atoms with Crippen molar-refractivity contribution in [1.82, 2.24) is 0 Å². The lowest BCUT2D eigenvalue weighted by Gasteiger charge is -2.12. The van der Waals surface area contributed by atoms with E-state index in [1.165, 1.54) is 0 Å². The molecule has 0 saturated carbocycles. The SMILES string of the molecule is C#CCOCc1cc(COCC#C)cc(-c2cc(CO)cc(CO)c2)c1. The molecular formula is C22H22O4. The average Bonchev–Trinajstić information content (AvgIpc) is 2.68. The molecule has 134 valence electrons. The molecule has 0 amide bonds. The fourth-order valence-electron chi connectivity index (χ4n) is 2.66. The van der Waals surface area contributed by atoms with Gasteiger partial charge in [0, 0.05) is 0 Å². The van der Waals surface area contributed by atoms with Crippen LogP contribution in [-0.2, 0) is 35.9 Å². The summed E-state index contributed by atoms with van der Waals surface area (Å²) in [6, 6.07) is 11.6. The molecule has 0 heterocycles. The normalized spacial score (nSPS) is 10.3. The minimum Gasteiger partial charge on any atom is -0.392 e. The second-order valence-electron chi connectivity index (χ2n) is 5.79. The Morgan fingerprint density at radius 1 is 0.654 bits per heavy atom. The Balaban J connectivity index is 2.39. The second-order valence-corrected chi connectivity index (χ2v) is 5.79. The number of hydrogen-bond acceptors (Lipinski definition) is 4. The van der Waals surface area contributed by atoms with Gasteiger partial charge in [-0.3, -0.25) is 0 Å². The summed E-state index contributed by atoms with van der Waals surface area (Å²) in [5, 5.41) is 18.9. The fraction of sp³-hybridized carbons (Fsp3) is 0.273. The third-order valence-corrected chi connectivity index (χ3v) is 3.71. The van der Waals surface area contributed by atoms with E-state index < -0.39 is 0 Å². The van der Waals surface area contributed by atoms with E-state index in [4.69, 9.17) is 22.3 Å². The number of ether oxygens (including phenoxy) is 2. The van der Waals surface area contributed by atoms with Crippen LogP contribution in [0.2, 0.25) is 0 Å². The Hall–Kier alpha value is -2.60. The molecule has 0 saturated heterocycles. The van der Waals surface area contributed by atoms with Crippen molar-refractivity contribution < 1.29 is 19.7 Å². The third kappa shape index (κ3) is 5.74. The standard InChI is InChI=1S/C22H22O4/c1-3-5-25-15-19-8-20(16-26-6-4-2)12-22(11-19)21-9-17(13-23)7-18(10-21)14-24/h1-2,7-12,23-24H,5-6,13-16H2. The van der Waals surface area contributed by atoms with E-state index in [9.17, 15) is 10.2 Å². The first kappa shape index (κ1) is 19.7. The van der Waals surface area contributed by atoms with Crippen LogP contribution < -0.4 is 0 Å². The molecule has 0 bridgehead atoms. The highest BCUT2D eigenvalue weighted by molar-refractivity contribution is 5.67. The van der Waals surface area contributed by atoms with Crippen molar-refractivity contribution in [3.63, 3.8) is 0 Å². The molecule has 4 heteroatoms. The molecule has 0 unspecified atom stereocenters. The Labute approximate surface area is 154 Å². The number of aliphatic hydroxyl groups excluding tert-OH is 2. The Morgan fingerprint density at radius 3 is 1.42 bits per heavy atom. The quantitative estimate of drug-likeness (QED) is 0.539. The molecule has 0 aliphatic carbocycles. The van der Waals surface area contributed by atoms with E-state index >= 15 is 0 Å². The van der Waals surface area contributed by atoms with Crippen LogP contribution in [0.5, 0.6) is 0 Å². The maximum atomic E-state index is 9.47. The zero-order valence-corrected chi connectivity index (χ0v) is 14.6. The van der Waals surface area contributed by atoms with Crippen LogP contribution in [0.1, 0.15) is 22.3 Å². The van der Waals surface area contributed by atoms with Crippen molar-refractivity contribution in [2.24, 2.45) is 0 Å². The van der Waals surface area contributed by atoms with Gasteiger partial charge in [-0.25, -0.2) is 0 Å². The largest absolute Gasteiger partial charge is 0.392 e. The first-order valence-corrected chi connectivity index (χ1v) is 8.20. The van der Waals surface area contributed by atoms with Crippen molar-refractivity contribution in [2.45, 2.75) is 26.4 Å². The first-order valence-electron chi connectivity index (χ1n) is 8.20. The van der Waals surface area contributed by atoms with Crippen LogP contribution in [0.4, 0.5) is 0 Å². The Bertz CT molecular complexity index is 751. The van der Waals surface area contributed by atoms with Crippen molar-refractivity contribution in [2.75, 3.05) is 13.2 Å². The van der Waals surface area contributed by atoms with Crippen LogP contribution in [-0.4, -0.2) is 23.4 Å². The number of benzene rings is 2. The summed E-state index contributed by atoms with van der Waals surface area (Å²) in [7, 11) is 0. The van der Waals surface area contributed by atoms with Crippen LogP contribution in [0.25, 0.3) is 11.1 Å². The molecule has 0 atom stereocenters. The number of rotatable bonds is 9. The van der Waals surface area contributed by atoms with E-state index in [1.807, 2.05) is 30.3 Å². The molecule has 0 spiro atoms. The molecule has 0 aliphatic heterocycles. The smallest absolute Gasteiger partial charge is 0.107 e. The van der Waals surface area contributed by atoms with Crippen molar-refractivity contribution in [3.8, 4) is 35.8 Å². The maximum absolute atomic E-state index is 9.47. The second kappa shape index (κ2) is 10.4. The monoisotopic (exact) mass is 350 g/mol. The summed E-state index contributed by atoms with van der Waals surface area (Å²) in [5.41, 5.74) is 5.24. The van der Waals surface area contributed by atoms with Gasteiger partial charge in [0.15, 0.2) is 0 Å². The topological polar surface area (TPSA) is 58.9 Å². The van der Waals surface area contributed by atoms with Gasteiger partial charge in [-0.15, -0.1) is 12.8 Å². The molecule has 0 fully saturated rings. The highest BCUT2D eigenvalue weighted by Crippen LogP contribution is 2.26. The minimum absolute atomic E-state index is 0.0933. The van der Waals surface area contributed by atoms with Crippen molar-refractivity contribution >= 4 is 0 Å². The highest BCUT2D eigenvalue weighted by atomic mass is 16.5. The molecule has 0 radical (unpaired) electrons. The molecular weight excluding hydrogens is 328 g/mol.